The van der Waals surface area contributed by atoms with Gasteiger partial charge in [0.1, 0.15) is 0 Å². The third kappa shape index (κ3) is 13.8. The second-order valence-electron chi connectivity index (χ2n) is 3.46. The van der Waals surface area contributed by atoms with Crippen molar-refractivity contribution in [2.24, 2.45) is 5.92 Å². The third-order valence-corrected chi connectivity index (χ3v) is 1.71. The SMILES string of the molecule is CC(C)COC(=O)CCC(=O)OS(=O)(=O)O.[NaH]. The first-order valence-electron chi connectivity index (χ1n) is 4.56. The Hall–Kier alpha value is -0.150. The minimum absolute atomic E-state index is 0. The van der Waals surface area contributed by atoms with Crippen LogP contribution in [0.5, 0.6) is 0 Å². The van der Waals surface area contributed by atoms with Crippen LogP contribution in [-0.2, 0) is 28.9 Å². The van der Waals surface area contributed by atoms with Crippen molar-refractivity contribution in [3.8, 4) is 0 Å². The molecule has 7 nitrogen and oxygen atoms in total. The molecule has 0 aliphatic heterocycles. The zero-order valence-electron chi connectivity index (χ0n) is 9.00. The van der Waals surface area contributed by atoms with Crippen molar-refractivity contribution >= 4 is 51.9 Å². The van der Waals surface area contributed by atoms with E-state index in [1.54, 1.807) is 0 Å². The molecule has 9 heteroatoms. The van der Waals surface area contributed by atoms with Gasteiger partial charge in [0.2, 0.25) is 0 Å². The van der Waals surface area contributed by atoms with E-state index in [4.69, 9.17) is 9.29 Å². The summed E-state index contributed by atoms with van der Waals surface area (Å²) < 4.78 is 36.7. The molecule has 0 bridgehead atoms. The van der Waals surface area contributed by atoms with Gasteiger partial charge in [0.15, 0.2) is 0 Å². The van der Waals surface area contributed by atoms with Gasteiger partial charge in [-0.1, -0.05) is 13.8 Å². The fraction of sp³-hybridized carbons (Fsp3) is 0.750. The summed E-state index contributed by atoms with van der Waals surface area (Å²) in [5.74, 6) is -1.65. The van der Waals surface area contributed by atoms with Gasteiger partial charge in [0.25, 0.3) is 0 Å². The quantitative estimate of drug-likeness (QED) is 0.402. The molecule has 0 saturated carbocycles. The predicted molar refractivity (Wildman–Crippen MR) is 59.8 cm³/mol. The van der Waals surface area contributed by atoms with E-state index in [1.165, 1.54) is 0 Å². The molecule has 0 saturated heterocycles. The Morgan fingerprint density at radius 1 is 1.18 bits per heavy atom. The molecule has 0 aromatic heterocycles. The Balaban J connectivity index is 0. The van der Waals surface area contributed by atoms with E-state index >= 15 is 0 Å². The number of hydrogen-bond acceptors (Lipinski definition) is 6. The van der Waals surface area contributed by atoms with Gasteiger partial charge in [-0.05, 0) is 5.92 Å². The summed E-state index contributed by atoms with van der Waals surface area (Å²) in [5, 5.41) is 0. The molecule has 96 valence electrons. The Labute approximate surface area is 122 Å². The molecular weight excluding hydrogens is 263 g/mol. The predicted octanol–water partition coefficient (Wildman–Crippen LogP) is -0.337. The molecule has 0 atom stereocenters. The zero-order chi connectivity index (χ0) is 12.8. The number of rotatable bonds is 6. The molecule has 0 aromatic rings. The van der Waals surface area contributed by atoms with Crippen LogP contribution < -0.4 is 0 Å². The first-order chi connectivity index (χ1) is 7.20. The van der Waals surface area contributed by atoms with Crippen molar-refractivity contribution in [2.75, 3.05) is 6.61 Å². The number of carbonyl (C=O) groups excluding carboxylic acids is 2. The number of hydrogen-bond donors (Lipinski definition) is 1. The van der Waals surface area contributed by atoms with Gasteiger partial charge in [0.05, 0.1) is 19.4 Å². The minimum atomic E-state index is -4.80. The average Bonchev–Trinajstić information content (AvgIpc) is 2.08. The molecular formula is C8H15NaO7S. The summed E-state index contributed by atoms with van der Waals surface area (Å²) in [6.45, 7) is 3.92. The molecule has 17 heavy (non-hydrogen) atoms. The van der Waals surface area contributed by atoms with E-state index < -0.39 is 28.8 Å². The summed E-state index contributed by atoms with van der Waals surface area (Å²) in [7, 11) is -4.80. The number of ether oxygens (including phenoxy) is 1. The standard InChI is InChI=1S/C8H14O7S.Na.H/c1-6(2)5-14-7(9)3-4-8(10)15-16(11,12)13;;/h6H,3-5H2,1-2H3,(H,11,12,13);;. The van der Waals surface area contributed by atoms with Gasteiger partial charge in [-0.2, -0.15) is 8.42 Å². The Morgan fingerprint density at radius 2 is 1.65 bits per heavy atom. The topological polar surface area (TPSA) is 107 Å². The van der Waals surface area contributed by atoms with Crippen LogP contribution in [0, 0.1) is 5.92 Å². The third-order valence-electron chi connectivity index (χ3n) is 1.31. The second-order valence-corrected chi connectivity index (χ2v) is 4.48. The van der Waals surface area contributed by atoms with Crippen molar-refractivity contribution in [3.05, 3.63) is 0 Å². The molecule has 0 rings (SSSR count). The molecule has 0 aliphatic carbocycles. The monoisotopic (exact) mass is 278 g/mol. The van der Waals surface area contributed by atoms with Crippen molar-refractivity contribution < 1.29 is 31.5 Å². The van der Waals surface area contributed by atoms with Crippen molar-refractivity contribution in [1.29, 1.82) is 0 Å². The molecule has 1 N–H and O–H groups in total. The first kappa shape index (κ1) is 19.2. The number of esters is 1. The van der Waals surface area contributed by atoms with Crippen molar-refractivity contribution in [1.82, 2.24) is 0 Å². The summed E-state index contributed by atoms with van der Waals surface area (Å²) in [6.07, 6.45) is -0.752. The summed E-state index contributed by atoms with van der Waals surface area (Å²) >= 11 is 0. The molecule has 0 radical (unpaired) electrons. The molecule has 0 spiro atoms. The maximum absolute atomic E-state index is 11.0. The molecule has 0 amide bonds. The van der Waals surface area contributed by atoms with Crippen LogP contribution in [-0.4, -0.2) is 61.1 Å². The van der Waals surface area contributed by atoms with E-state index in [2.05, 4.69) is 4.18 Å². The van der Waals surface area contributed by atoms with Gasteiger partial charge < -0.3 is 8.92 Å². The van der Waals surface area contributed by atoms with Crippen LogP contribution in [0.15, 0.2) is 0 Å². The second kappa shape index (κ2) is 8.87. The normalized spacial score (nSPS) is 10.6. The first-order valence-corrected chi connectivity index (χ1v) is 5.92. The van der Waals surface area contributed by atoms with Crippen LogP contribution >= 0.6 is 0 Å². The van der Waals surface area contributed by atoms with E-state index in [9.17, 15) is 18.0 Å². The molecule has 0 unspecified atom stereocenters. The zero-order valence-corrected chi connectivity index (χ0v) is 9.82. The average molecular weight is 278 g/mol. The summed E-state index contributed by atoms with van der Waals surface area (Å²) in [5.41, 5.74) is 0. The molecule has 0 aromatic carbocycles. The number of carbonyl (C=O) groups is 2. The molecule has 0 heterocycles. The van der Waals surface area contributed by atoms with Crippen LogP contribution in [0.25, 0.3) is 0 Å². The van der Waals surface area contributed by atoms with Gasteiger partial charge in [-0.15, -0.1) is 0 Å². The Bertz CT molecular complexity index is 349. The van der Waals surface area contributed by atoms with E-state index in [1.807, 2.05) is 13.8 Å². The van der Waals surface area contributed by atoms with Crippen LogP contribution in [0.4, 0.5) is 0 Å². The van der Waals surface area contributed by atoms with E-state index in [0.717, 1.165) is 0 Å². The summed E-state index contributed by atoms with van der Waals surface area (Å²) in [4.78, 5) is 21.7. The van der Waals surface area contributed by atoms with Gasteiger partial charge in [-0.25, -0.2) is 0 Å². The van der Waals surface area contributed by atoms with Crippen LogP contribution in [0.1, 0.15) is 26.7 Å². The molecule has 0 aliphatic rings. The van der Waals surface area contributed by atoms with Gasteiger partial charge in [-0.3, -0.25) is 14.1 Å². The van der Waals surface area contributed by atoms with E-state index in [-0.39, 0.29) is 48.5 Å². The Morgan fingerprint density at radius 3 is 2.06 bits per heavy atom. The fourth-order valence-corrected chi connectivity index (χ4v) is 1.01. The maximum atomic E-state index is 11.0. The van der Waals surface area contributed by atoms with Gasteiger partial charge >= 0.3 is 51.9 Å². The van der Waals surface area contributed by atoms with Crippen LogP contribution in [0.3, 0.4) is 0 Å². The van der Waals surface area contributed by atoms with Crippen LogP contribution in [0.2, 0.25) is 0 Å². The van der Waals surface area contributed by atoms with Crippen molar-refractivity contribution in [2.45, 2.75) is 26.7 Å². The van der Waals surface area contributed by atoms with E-state index in [0.29, 0.717) is 0 Å². The Kier molecular flexibility index (Phi) is 10.0. The molecule has 0 fully saturated rings. The summed E-state index contributed by atoms with van der Waals surface area (Å²) in [6, 6.07) is 0. The van der Waals surface area contributed by atoms with Gasteiger partial charge in [0, 0.05) is 0 Å². The fourth-order valence-electron chi connectivity index (χ4n) is 0.695. The van der Waals surface area contributed by atoms with Crippen molar-refractivity contribution in [3.63, 3.8) is 0 Å².